The number of pyridine rings is 1. The number of carbonyl (C=O) groups excluding carboxylic acids is 1. The molecule has 7 heteroatoms. The van der Waals surface area contributed by atoms with Crippen molar-refractivity contribution >= 4 is 34.6 Å². The minimum Gasteiger partial charge on any atom is -0.508 e. The second-order valence-corrected chi connectivity index (χ2v) is 5.53. The Balaban J connectivity index is 1.79. The number of phenols is 1. The van der Waals surface area contributed by atoms with Crippen LogP contribution in [0.25, 0.3) is 10.9 Å². The van der Waals surface area contributed by atoms with Gasteiger partial charge in [0.2, 0.25) is 0 Å². The molecule has 0 radical (unpaired) electrons. The number of aromatic hydroxyl groups is 1. The van der Waals surface area contributed by atoms with Crippen molar-refractivity contribution in [1.82, 2.24) is 10.4 Å². The van der Waals surface area contributed by atoms with Crippen LogP contribution in [-0.4, -0.2) is 29.3 Å². The first-order chi connectivity index (χ1) is 12.1. The lowest BCUT2D eigenvalue weighted by Crippen LogP contribution is -2.17. The smallest absolute Gasteiger partial charge is 0.271 e. The quantitative estimate of drug-likeness (QED) is 0.427. The van der Waals surface area contributed by atoms with E-state index in [2.05, 4.69) is 15.5 Å². The summed E-state index contributed by atoms with van der Waals surface area (Å²) in [4.78, 5) is 16.3. The highest BCUT2D eigenvalue weighted by Gasteiger charge is 2.06. The third kappa shape index (κ3) is 3.87. The van der Waals surface area contributed by atoms with E-state index in [4.69, 9.17) is 16.3 Å². The van der Waals surface area contributed by atoms with Crippen LogP contribution in [0, 0.1) is 0 Å². The first-order valence-electron chi connectivity index (χ1n) is 7.33. The van der Waals surface area contributed by atoms with Gasteiger partial charge in [0, 0.05) is 16.5 Å². The third-order valence-electron chi connectivity index (χ3n) is 3.50. The normalized spacial score (nSPS) is 11.0. The molecule has 0 unspecified atom stereocenters. The molecule has 3 rings (SSSR count). The number of phenolic OH excluding ortho intramolecular Hbond substituents is 1. The standard InChI is InChI=1S/C18H14ClN3O3/c1-25-15-6-7-16-12(9-15)8-13(17(19)21-16)10-20-22-18(24)11-2-4-14(23)5-3-11/h2-10,23H,1H3,(H,22,24)/b20-10+. The van der Waals surface area contributed by atoms with E-state index in [1.54, 1.807) is 13.2 Å². The van der Waals surface area contributed by atoms with Crippen molar-refractivity contribution in [3.8, 4) is 11.5 Å². The van der Waals surface area contributed by atoms with E-state index < -0.39 is 5.91 Å². The summed E-state index contributed by atoms with van der Waals surface area (Å²) in [6.45, 7) is 0. The van der Waals surface area contributed by atoms with Crippen LogP contribution in [0.15, 0.2) is 53.6 Å². The molecule has 0 fully saturated rings. The predicted molar refractivity (Wildman–Crippen MR) is 96.5 cm³/mol. The monoisotopic (exact) mass is 355 g/mol. The zero-order chi connectivity index (χ0) is 17.8. The molecule has 2 N–H and O–H groups in total. The van der Waals surface area contributed by atoms with Crippen LogP contribution in [-0.2, 0) is 0 Å². The number of methoxy groups -OCH3 is 1. The fourth-order valence-electron chi connectivity index (χ4n) is 2.20. The summed E-state index contributed by atoms with van der Waals surface area (Å²) in [5.74, 6) is 0.396. The van der Waals surface area contributed by atoms with Crippen LogP contribution in [0.2, 0.25) is 5.15 Å². The Hall–Kier alpha value is -3.12. The fourth-order valence-corrected chi connectivity index (χ4v) is 2.40. The molecule has 0 aliphatic rings. The predicted octanol–water partition coefficient (Wildman–Crippen LogP) is 3.37. The number of ether oxygens (including phenoxy) is 1. The fraction of sp³-hybridized carbons (Fsp3) is 0.0556. The average molecular weight is 356 g/mol. The number of rotatable bonds is 4. The maximum atomic E-state index is 12.0. The highest BCUT2D eigenvalue weighted by Crippen LogP contribution is 2.23. The van der Waals surface area contributed by atoms with Crippen LogP contribution < -0.4 is 10.2 Å². The van der Waals surface area contributed by atoms with Crippen molar-refractivity contribution in [2.75, 3.05) is 7.11 Å². The van der Waals surface area contributed by atoms with Gasteiger partial charge >= 0.3 is 0 Å². The van der Waals surface area contributed by atoms with E-state index in [9.17, 15) is 9.90 Å². The maximum Gasteiger partial charge on any atom is 0.271 e. The number of nitrogens with zero attached hydrogens (tertiary/aromatic N) is 2. The Bertz CT molecular complexity index is 956. The number of fused-ring (bicyclic) bond motifs is 1. The average Bonchev–Trinajstić information content (AvgIpc) is 2.62. The molecule has 25 heavy (non-hydrogen) atoms. The number of nitrogens with one attached hydrogen (secondary N) is 1. The van der Waals surface area contributed by atoms with Crippen molar-refractivity contribution in [2.24, 2.45) is 5.10 Å². The largest absolute Gasteiger partial charge is 0.508 e. The van der Waals surface area contributed by atoms with E-state index in [1.807, 2.05) is 18.2 Å². The minimum absolute atomic E-state index is 0.0875. The second kappa shape index (κ2) is 7.19. The molecule has 0 spiro atoms. The Morgan fingerprint density at radius 3 is 2.72 bits per heavy atom. The van der Waals surface area contributed by atoms with Crippen LogP contribution in [0.3, 0.4) is 0 Å². The SMILES string of the molecule is COc1ccc2nc(Cl)c(/C=N/NC(=O)c3ccc(O)cc3)cc2c1. The summed E-state index contributed by atoms with van der Waals surface area (Å²) in [6, 6.07) is 13.1. The van der Waals surface area contributed by atoms with Gasteiger partial charge in [-0.3, -0.25) is 4.79 Å². The molecular weight excluding hydrogens is 342 g/mol. The molecule has 6 nitrogen and oxygen atoms in total. The summed E-state index contributed by atoms with van der Waals surface area (Å²) in [7, 11) is 1.59. The van der Waals surface area contributed by atoms with Crippen molar-refractivity contribution in [1.29, 1.82) is 0 Å². The summed E-state index contributed by atoms with van der Waals surface area (Å²) < 4.78 is 5.19. The van der Waals surface area contributed by atoms with Crippen LogP contribution in [0.5, 0.6) is 11.5 Å². The van der Waals surface area contributed by atoms with Crippen molar-refractivity contribution in [3.05, 3.63) is 64.8 Å². The molecule has 2 aromatic carbocycles. The molecule has 0 aliphatic heterocycles. The molecule has 0 atom stereocenters. The molecule has 0 saturated carbocycles. The van der Waals surface area contributed by atoms with Crippen molar-refractivity contribution in [2.45, 2.75) is 0 Å². The van der Waals surface area contributed by atoms with Gasteiger partial charge in [-0.05, 0) is 48.5 Å². The molecule has 0 bridgehead atoms. The van der Waals surface area contributed by atoms with Gasteiger partial charge in [-0.25, -0.2) is 10.4 Å². The number of halogens is 1. The Labute approximate surface area is 148 Å². The zero-order valence-corrected chi connectivity index (χ0v) is 14.0. The second-order valence-electron chi connectivity index (χ2n) is 5.17. The van der Waals surface area contributed by atoms with Gasteiger partial charge in [0.05, 0.1) is 18.8 Å². The van der Waals surface area contributed by atoms with Gasteiger partial charge in [0.15, 0.2) is 0 Å². The number of hydrogen-bond acceptors (Lipinski definition) is 5. The molecule has 3 aromatic rings. The highest BCUT2D eigenvalue weighted by molar-refractivity contribution is 6.32. The molecule has 0 aliphatic carbocycles. The summed E-state index contributed by atoms with van der Waals surface area (Å²) >= 11 is 6.15. The molecule has 1 amide bonds. The minimum atomic E-state index is -0.400. The molecule has 1 heterocycles. The van der Waals surface area contributed by atoms with E-state index in [0.29, 0.717) is 16.9 Å². The molecule has 1 aromatic heterocycles. The van der Waals surface area contributed by atoms with Gasteiger partial charge in [0.1, 0.15) is 16.7 Å². The molecule has 126 valence electrons. The van der Waals surface area contributed by atoms with Gasteiger partial charge < -0.3 is 9.84 Å². The lowest BCUT2D eigenvalue weighted by atomic mass is 10.1. The van der Waals surface area contributed by atoms with Crippen LogP contribution in [0.1, 0.15) is 15.9 Å². The van der Waals surface area contributed by atoms with Crippen LogP contribution >= 0.6 is 11.6 Å². The highest BCUT2D eigenvalue weighted by atomic mass is 35.5. The van der Waals surface area contributed by atoms with Crippen molar-refractivity contribution in [3.63, 3.8) is 0 Å². The van der Waals surface area contributed by atoms with Gasteiger partial charge in [-0.15, -0.1) is 0 Å². The Kier molecular flexibility index (Phi) is 4.81. The number of hydrazone groups is 1. The number of carbonyl (C=O) groups is 1. The Morgan fingerprint density at radius 2 is 2.00 bits per heavy atom. The number of benzene rings is 2. The molecule has 0 saturated heterocycles. The maximum absolute atomic E-state index is 12.0. The Morgan fingerprint density at radius 1 is 1.24 bits per heavy atom. The number of hydrogen-bond donors (Lipinski definition) is 2. The van der Waals surface area contributed by atoms with Gasteiger partial charge in [-0.1, -0.05) is 11.6 Å². The first-order valence-corrected chi connectivity index (χ1v) is 7.71. The van der Waals surface area contributed by atoms with E-state index >= 15 is 0 Å². The van der Waals surface area contributed by atoms with Gasteiger partial charge in [0.25, 0.3) is 5.91 Å². The molecular formula is C18H14ClN3O3. The topological polar surface area (TPSA) is 83.8 Å². The van der Waals surface area contributed by atoms with Gasteiger partial charge in [-0.2, -0.15) is 5.10 Å². The van der Waals surface area contributed by atoms with E-state index in [-0.39, 0.29) is 10.9 Å². The number of aromatic nitrogens is 1. The summed E-state index contributed by atoms with van der Waals surface area (Å²) in [6.07, 6.45) is 1.42. The summed E-state index contributed by atoms with van der Waals surface area (Å²) in [5.41, 5.74) is 4.08. The lowest BCUT2D eigenvalue weighted by molar-refractivity contribution is 0.0955. The summed E-state index contributed by atoms with van der Waals surface area (Å²) in [5, 5.41) is 14.3. The third-order valence-corrected chi connectivity index (χ3v) is 3.80. The van der Waals surface area contributed by atoms with Crippen molar-refractivity contribution < 1.29 is 14.6 Å². The van der Waals surface area contributed by atoms with E-state index in [0.717, 1.165) is 10.9 Å². The van der Waals surface area contributed by atoms with Crippen LogP contribution in [0.4, 0.5) is 0 Å². The number of amides is 1. The zero-order valence-electron chi connectivity index (χ0n) is 13.2. The first kappa shape index (κ1) is 16.7. The van der Waals surface area contributed by atoms with E-state index in [1.165, 1.54) is 30.5 Å². The lowest BCUT2D eigenvalue weighted by Gasteiger charge is -2.05.